The van der Waals surface area contributed by atoms with Crippen LogP contribution < -0.4 is 0 Å². The summed E-state index contributed by atoms with van der Waals surface area (Å²) in [6, 6.07) is 16.7. The monoisotopic (exact) mass is 451 g/mol. The third-order valence-corrected chi connectivity index (χ3v) is 5.63. The summed E-state index contributed by atoms with van der Waals surface area (Å²) in [4.78, 5) is 32.1. The standard InChI is InChI=1S/C25H29N3O5/c29-24(28(19-22-8-4-14-32-22)18-21-6-2-1-3-7-21)20-27(25(30)23-9-5-15-33-23)11-10-26-12-16-31-17-13-26/h1-9,14-15H,10-13,16-20H2. The van der Waals surface area contributed by atoms with Crippen LogP contribution in [0.5, 0.6) is 0 Å². The molecule has 3 aromatic rings. The van der Waals surface area contributed by atoms with E-state index in [2.05, 4.69) is 4.90 Å². The molecule has 8 nitrogen and oxygen atoms in total. The summed E-state index contributed by atoms with van der Waals surface area (Å²) >= 11 is 0. The van der Waals surface area contributed by atoms with Gasteiger partial charge in [0.15, 0.2) is 5.76 Å². The number of benzene rings is 1. The van der Waals surface area contributed by atoms with Crippen LogP contribution in [-0.4, -0.2) is 72.5 Å². The molecule has 2 amide bonds. The van der Waals surface area contributed by atoms with Gasteiger partial charge in [0.25, 0.3) is 5.91 Å². The maximum absolute atomic E-state index is 13.4. The van der Waals surface area contributed by atoms with E-state index in [0.717, 1.165) is 18.7 Å². The SMILES string of the molecule is O=C(CN(CCN1CCOCC1)C(=O)c1ccco1)N(Cc1ccccc1)Cc1ccco1. The minimum absolute atomic E-state index is 0.0442. The summed E-state index contributed by atoms with van der Waals surface area (Å²) in [5.74, 6) is 0.471. The quantitative estimate of drug-likeness (QED) is 0.472. The number of amides is 2. The van der Waals surface area contributed by atoms with E-state index >= 15 is 0 Å². The largest absolute Gasteiger partial charge is 0.467 e. The summed E-state index contributed by atoms with van der Waals surface area (Å²) in [5.41, 5.74) is 1.01. The second-order valence-corrected chi connectivity index (χ2v) is 7.97. The average Bonchev–Trinajstić information content (AvgIpc) is 3.57. The van der Waals surface area contributed by atoms with Gasteiger partial charge in [-0.3, -0.25) is 14.5 Å². The minimum atomic E-state index is -0.292. The summed E-state index contributed by atoms with van der Waals surface area (Å²) in [6.07, 6.45) is 3.06. The van der Waals surface area contributed by atoms with Crippen molar-refractivity contribution >= 4 is 11.8 Å². The van der Waals surface area contributed by atoms with E-state index in [1.807, 2.05) is 36.4 Å². The van der Waals surface area contributed by atoms with Gasteiger partial charge in [-0.2, -0.15) is 0 Å². The van der Waals surface area contributed by atoms with E-state index in [1.54, 1.807) is 34.3 Å². The van der Waals surface area contributed by atoms with E-state index < -0.39 is 0 Å². The van der Waals surface area contributed by atoms with Gasteiger partial charge in [0.2, 0.25) is 5.91 Å². The van der Waals surface area contributed by atoms with Gasteiger partial charge in [-0.15, -0.1) is 0 Å². The third-order valence-electron chi connectivity index (χ3n) is 5.63. The van der Waals surface area contributed by atoms with Crippen molar-refractivity contribution in [3.8, 4) is 0 Å². The highest BCUT2D eigenvalue weighted by atomic mass is 16.5. The highest BCUT2D eigenvalue weighted by Gasteiger charge is 2.25. The molecule has 174 valence electrons. The molecule has 0 unspecified atom stereocenters. The second-order valence-electron chi connectivity index (χ2n) is 7.97. The third kappa shape index (κ3) is 6.57. The molecule has 1 aliphatic rings. The minimum Gasteiger partial charge on any atom is -0.467 e. The highest BCUT2D eigenvalue weighted by Crippen LogP contribution is 2.13. The molecule has 0 spiro atoms. The maximum atomic E-state index is 13.4. The van der Waals surface area contributed by atoms with Crippen molar-refractivity contribution in [3.63, 3.8) is 0 Å². The molecular formula is C25H29N3O5. The number of carbonyl (C=O) groups is 2. The predicted molar refractivity (Wildman–Crippen MR) is 121 cm³/mol. The summed E-state index contributed by atoms with van der Waals surface area (Å²) in [6.45, 7) is 4.78. The number of rotatable bonds is 10. The molecule has 1 saturated heterocycles. The van der Waals surface area contributed by atoms with E-state index in [0.29, 0.717) is 45.2 Å². The van der Waals surface area contributed by atoms with Crippen LogP contribution >= 0.6 is 0 Å². The number of hydrogen-bond acceptors (Lipinski definition) is 6. The fraction of sp³-hybridized carbons (Fsp3) is 0.360. The fourth-order valence-electron chi connectivity index (χ4n) is 3.79. The normalized spacial score (nSPS) is 14.2. The molecule has 1 aromatic carbocycles. The van der Waals surface area contributed by atoms with Gasteiger partial charge in [-0.1, -0.05) is 30.3 Å². The Morgan fingerprint density at radius 2 is 1.61 bits per heavy atom. The van der Waals surface area contributed by atoms with Crippen LogP contribution in [-0.2, 0) is 22.6 Å². The number of carbonyl (C=O) groups excluding carboxylic acids is 2. The van der Waals surface area contributed by atoms with Gasteiger partial charge in [-0.05, 0) is 29.8 Å². The summed E-state index contributed by atoms with van der Waals surface area (Å²) in [7, 11) is 0. The van der Waals surface area contributed by atoms with E-state index in [-0.39, 0.29) is 24.1 Å². The van der Waals surface area contributed by atoms with Crippen LogP contribution in [0.3, 0.4) is 0 Å². The molecule has 4 rings (SSSR count). The average molecular weight is 452 g/mol. The van der Waals surface area contributed by atoms with Gasteiger partial charge in [-0.25, -0.2) is 0 Å². The first-order valence-electron chi connectivity index (χ1n) is 11.2. The summed E-state index contributed by atoms with van der Waals surface area (Å²) in [5, 5.41) is 0. The van der Waals surface area contributed by atoms with Crippen molar-refractivity contribution in [3.05, 3.63) is 84.2 Å². The van der Waals surface area contributed by atoms with Crippen LogP contribution in [0.15, 0.2) is 76.0 Å². The first kappa shape index (κ1) is 22.8. The molecule has 3 heterocycles. The van der Waals surface area contributed by atoms with Gasteiger partial charge in [0.05, 0.1) is 32.3 Å². The number of hydrogen-bond donors (Lipinski definition) is 0. The molecule has 0 aliphatic carbocycles. The number of morpholine rings is 1. The predicted octanol–water partition coefficient (Wildman–Crippen LogP) is 2.88. The lowest BCUT2D eigenvalue weighted by Crippen LogP contribution is -2.47. The topological polar surface area (TPSA) is 79.4 Å². The smallest absolute Gasteiger partial charge is 0.290 e. The molecule has 0 bridgehead atoms. The van der Waals surface area contributed by atoms with Gasteiger partial charge >= 0.3 is 0 Å². The Bertz CT molecular complexity index is 983. The Balaban J connectivity index is 1.48. The highest BCUT2D eigenvalue weighted by molar-refractivity contribution is 5.94. The number of nitrogens with zero attached hydrogens (tertiary/aromatic N) is 3. The molecule has 0 N–H and O–H groups in total. The van der Waals surface area contributed by atoms with Gasteiger partial charge < -0.3 is 23.4 Å². The molecule has 0 saturated carbocycles. The first-order chi connectivity index (χ1) is 16.2. The van der Waals surface area contributed by atoms with Crippen LogP contribution in [0, 0.1) is 0 Å². The number of ether oxygens (including phenoxy) is 1. The molecule has 0 radical (unpaired) electrons. The van der Waals surface area contributed by atoms with E-state index in [9.17, 15) is 9.59 Å². The Labute approximate surface area is 193 Å². The second kappa shape index (κ2) is 11.5. The van der Waals surface area contributed by atoms with Crippen molar-refractivity contribution in [1.29, 1.82) is 0 Å². The molecule has 1 fully saturated rings. The maximum Gasteiger partial charge on any atom is 0.290 e. The first-order valence-corrected chi connectivity index (χ1v) is 11.2. The zero-order valence-electron chi connectivity index (χ0n) is 18.6. The molecular weight excluding hydrogens is 422 g/mol. The lowest BCUT2D eigenvalue weighted by Gasteiger charge is -2.31. The van der Waals surface area contributed by atoms with Crippen molar-refractivity contribution in [2.45, 2.75) is 13.1 Å². The molecule has 8 heteroatoms. The molecule has 2 aromatic heterocycles. The lowest BCUT2D eigenvalue weighted by molar-refractivity contribution is -0.133. The fourth-order valence-corrected chi connectivity index (χ4v) is 3.79. The van der Waals surface area contributed by atoms with Crippen LogP contribution in [0.4, 0.5) is 0 Å². The Morgan fingerprint density at radius 3 is 2.30 bits per heavy atom. The zero-order valence-corrected chi connectivity index (χ0v) is 18.6. The van der Waals surface area contributed by atoms with Crippen LogP contribution in [0.2, 0.25) is 0 Å². The zero-order chi connectivity index (χ0) is 22.9. The van der Waals surface area contributed by atoms with Crippen LogP contribution in [0.1, 0.15) is 21.9 Å². The number of furan rings is 2. The van der Waals surface area contributed by atoms with Crippen molar-refractivity contribution in [2.24, 2.45) is 0 Å². The van der Waals surface area contributed by atoms with Crippen LogP contribution in [0.25, 0.3) is 0 Å². The van der Waals surface area contributed by atoms with Gasteiger partial charge in [0, 0.05) is 32.7 Å². The molecule has 0 atom stereocenters. The van der Waals surface area contributed by atoms with Gasteiger partial charge in [0.1, 0.15) is 12.3 Å². The molecule has 1 aliphatic heterocycles. The van der Waals surface area contributed by atoms with E-state index in [1.165, 1.54) is 6.26 Å². The summed E-state index contributed by atoms with van der Waals surface area (Å²) < 4.78 is 16.2. The lowest BCUT2D eigenvalue weighted by atomic mass is 10.2. The molecule has 33 heavy (non-hydrogen) atoms. The van der Waals surface area contributed by atoms with E-state index in [4.69, 9.17) is 13.6 Å². The van der Waals surface area contributed by atoms with Crippen molar-refractivity contribution in [2.75, 3.05) is 45.9 Å². The Morgan fingerprint density at radius 1 is 0.848 bits per heavy atom. The van der Waals surface area contributed by atoms with Crippen molar-refractivity contribution < 1.29 is 23.2 Å². The Kier molecular flexibility index (Phi) is 7.94. The van der Waals surface area contributed by atoms with Crippen molar-refractivity contribution in [1.82, 2.24) is 14.7 Å². The Hall–Kier alpha value is -3.36.